The van der Waals surface area contributed by atoms with E-state index in [4.69, 9.17) is 0 Å². The quantitative estimate of drug-likeness (QED) is 0.489. The fraction of sp³-hybridized carbons (Fsp3) is 0.667. The number of H-pyrrole nitrogens is 1. The number of aromatic nitrogens is 3. The Morgan fingerprint density at radius 3 is 3.27 bits per heavy atom. The van der Waals surface area contributed by atoms with E-state index in [0.29, 0.717) is 0 Å². The van der Waals surface area contributed by atoms with Gasteiger partial charge in [0.15, 0.2) is 0 Å². The van der Waals surface area contributed by atoms with Gasteiger partial charge in [0, 0.05) is 26.1 Å². The zero-order chi connectivity index (χ0) is 7.68. The molecule has 0 fully saturated rings. The second-order valence-corrected chi connectivity index (χ2v) is 2.60. The minimum absolute atomic E-state index is 0.0938. The second-order valence-electron chi connectivity index (χ2n) is 2.60. The molecule has 0 aromatic carbocycles. The Morgan fingerprint density at radius 2 is 2.36 bits per heavy atom. The summed E-state index contributed by atoms with van der Waals surface area (Å²) in [4.78, 5) is 11.0. The molecule has 0 atom stereocenters. The van der Waals surface area contributed by atoms with Gasteiger partial charge in [0.1, 0.15) is 5.82 Å². The van der Waals surface area contributed by atoms with Crippen molar-refractivity contribution in [2.75, 3.05) is 13.1 Å². The summed E-state index contributed by atoms with van der Waals surface area (Å²) in [6.45, 7) is 2.49. The zero-order valence-electron chi connectivity index (χ0n) is 6.13. The number of rotatable bonds is 0. The summed E-state index contributed by atoms with van der Waals surface area (Å²) in [7, 11) is 0. The number of nitrogens with zero attached hydrogens (tertiary/aromatic N) is 2. The van der Waals surface area contributed by atoms with Crippen LogP contribution in [0, 0.1) is 0 Å². The van der Waals surface area contributed by atoms with E-state index in [1.54, 1.807) is 4.57 Å². The molecule has 1 aliphatic heterocycles. The zero-order valence-corrected chi connectivity index (χ0v) is 6.13. The van der Waals surface area contributed by atoms with E-state index in [9.17, 15) is 4.79 Å². The summed E-state index contributed by atoms with van der Waals surface area (Å²) in [6.07, 6.45) is 0.832. The molecule has 0 saturated heterocycles. The Hall–Kier alpha value is -1.10. The second kappa shape index (κ2) is 2.50. The molecule has 0 spiro atoms. The largest absolute Gasteiger partial charge is 0.343 e. The molecular formula is C6H10N4O. The van der Waals surface area contributed by atoms with Gasteiger partial charge in [0.25, 0.3) is 0 Å². The first kappa shape index (κ1) is 6.60. The van der Waals surface area contributed by atoms with Crippen LogP contribution in [0.25, 0.3) is 0 Å². The number of fused-ring (bicyclic) bond motifs is 1. The maximum absolute atomic E-state index is 11.0. The minimum Gasteiger partial charge on any atom is -0.315 e. The Morgan fingerprint density at radius 1 is 1.45 bits per heavy atom. The van der Waals surface area contributed by atoms with Crippen molar-refractivity contribution in [3.63, 3.8) is 0 Å². The molecule has 5 heteroatoms. The lowest BCUT2D eigenvalue weighted by atomic mass is 10.4. The van der Waals surface area contributed by atoms with E-state index in [1.165, 1.54) is 0 Å². The molecule has 0 unspecified atom stereocenters. The van der Waals surface area contributed by atoms with E-state index in [2.05, 4.69) is 15.5 Å². The van der Waals surface area contributed by atoms with E-state index < -0.39 is 0 Å². The van der Waals surface area contributed by atoms with Crippen molar-refractivity contribution in [3.8, 4) is 0 Å². The third-order valence-corrected chi connectivity index (χ3v) is 1.87. The van der Waals surface area contributed by atoms with E-state index in [-0.39, 0.29) is 5.69 Å². The van der Waals surface area contributed by atoms with Crippen LogP contribution in [0.3, 0.4) is 0 Å². The van der Waals surface area contributed by atoms with Gasteiger partial charge in [-0.05, 0) is 0 Å². The molecule has 0 bridgehead atoms. The van der Waals surface area contributed by atoms with Crippen molar-refractivity contribution in [2.24, 2.45) is 0 Å². The standard InChI is InChI=1S/C6H10N4O/c11-6-9-8-5-1-2-7-3-4-10(5)6/h7H,1-4H2,(H,9,11). The molecule has 0 aliphatic carbocycles. The molecule has 2 heterocycles. The van der Waals surface area contributed by atoms with Crippen LogP contribution in [-0.4, -0.2) is 27.9 Å². The molecule has 0 saturated carbocycles. The van der Waals surface area contributed by atoms with Crippen LogP contribution in [0.1, 0.15) is 5.82 Å². The van der Waals surface area contributed by atoms with Crippen LogP contribution in [0.5, 0.6) is 0 Å². The van der Waals surface area contributed by atoms with E-state index >= 15 is 0 Å². The fourth-order valence-electron chi connectivity index (χ4n) is 1.29. The predicted molar refractivity (Wildman–Crippen MR) is 39.4 cm³/mol. The van der Waals surface area contributed by atoms with Crippen molar-refractivity contribution in [1.29, 1.82) is 0 Å². The molecule has 2 rings (SSSR count). The van der Waals surface area contributed by atoms with Gasteiger partial charge in [-0.3, -0.25) is 4.57 Å². The Balaban J connectivity index is 2.43. The molecule has 5 nitrogen and oxygen atoms in total. The van der Waals surface area contributed by atoms with Crippen LogP contribution in [0.4, 0.5) is 0 Å². The molecule has 1 aromatic heterocycles. The Bertz CT molecular complexity index is 300. The summed E-state index contributed by atoms with van der Waals surface area (Å²) >= 11 is 0. The lowest BCUT2D eigenvalue weighted by Crippen LogP contribution is -2.22. The first-order chi connectivity index (χ1) is 5.38. The van der Waals surface area contributed by atoms with Gasteiger partial charge >= 0.3 is 5.69 Å². The third kappa shape index (κ3) is 1.07. The lowest BCUT2D eigenvalue weighted by Gasteiger charge is -1.96. The van der Waals surface area contributed by atoms with Crippen molar-refractivity contribution in [2.45, 2.75) is 13.0 Å². The molecule has 1 aliphatic rings. The predicted octanol–water partition coefficient (Wildman–Crippen LogP) is -1.28. The van der Waals surface area contributed by atoms with Crippen LogP contribution in [0.15, 0.2) is 4.79 Å². The van der Waals surface area contributed by atoms with Crippen molar-refractivity contribution in [1.82, 2.24) is 20.1 Å². The molecule has 0 amide bonds. The van der Waals surface area contributed by atoms with Crippen LogP contribution >= 0.6 is 0 Å². The maximum atomic E-state index is 11.0. The lowest BCUT2D eigenvalue weighted by molar-refractivity contribution is 0.629. The summed E-state index contributed by atoms with van der Waals surface area (Å²) in [5.41, 5.74) is -0.0938. The first-order valence-electron chi connectivity index (χ1n) is 3.73. The molecule has 1 aromatic rings. The van der Waals surface area contributed by atoms with E-state index in [0.717, 1.165) is 31.9 Å². The minimum atomic E-state index is -0.0938. The van der Waals surface area contributed by atoms with Gasteiger partial charge in [-0.1, -0.05) is 0 Å². The highest BCUT2D eigenvalue weighted by Crippen LogP contribution is 1.94. The van der Waals surface area contributed by atoms with Gasteiger partial charge in [-0.25, -0.2) is 9.89 Å². The van der Waals surface area contributed by atoms with Crippen LogP contribution < -0.4 is 11.0 Å². The molecule has 0 radical (unpaired) electrons. The topological polar surface area (TPSA) is 62.7 Å². The number of nitrogens with one attached hydrogen (secondary N) is 2. The highest BCUT2D eigenvalue weighted by Gasteiger charge is 2.09. The van der Waals surface area contributed by atoms with Gasteiger partial charge in [0.05, 0.1) is 0 Å². The van der Waals surface area contributed by atoms with Crippen LogP contribution in [-0.2, 0) is 13.0 Å². The average Bonchev–Trinajstić information content (AvgIpc) is 2.25. The number of aromatic amines is 1. The summed E-state index contributed by atoms with van der Waals surface area (Å²) < 4.78 is 1.68. The number of hydrogen-bond donors (Lipinski definition) is 2. The summed E-state index contributed by atoms with van der Waals surface area (Å²) in [6, 6.07) is 0. The van der Waals surface area contributed by atoms with Gasteiger partial charge < -0.3 is 5.32 Å². The van der Waals surface area contributed by atoms with Crippen LogP contribution in [0.2, 0.25) is 0 Å². The molecule has 2 N–H and O–H groups in total. The van der Waals surface area contributed by atoms with Gasteiger partial charge in [-0.15, -0.1) is 0 Å². The third-order valence-electron chi connectivity index (χ3n) is 1.87. The fourth-order valence-corrected chi connectivity index (χ4v) is 1.29. The highest BCUT2D eigenvalue weighted by atomic mass is 16.1. The Labute approximate surface area is 63.4 Å². The van der Waals surface area contributed by atoms with Gasteiger partial charge in [0.2, 0.25) is 0 Å². The van der Waals surface area contributed by atoms with E-state index in [1.807, 2.05) is 0 Å². The molecule has 11 heavy (non-hydrogen) atoms. The monoisotopic (exact) mass is 154 g/mol. The molecule has 60 valence electrons. The average molecular weight is 154 g/mol. The van der Waals surface area contributed by atoms with Crippen molar-refractivity contribution >= 4 is 0 Å². The first-order valence-corrected chi connectivity index (χ1v) is 3.73. The normalized spacial score (nSPS) is 17.5. The SMILES string of the molecule is O=c1[nH]nc2n1CCNCC2. The highest BCUT2D eigenvalue weighted by molar-refractivity contribution is 4.89. The summed E-state index contributed by atoms with van der Waals surface area (Å²) in [5.74, 6) is 0.861. The molecular weight excluding hydrogens is 144 g/mol. The van der Waals surface area contributed by atoms with Crippen molar-refractivity contribution in [3.05, 3.63) is 16.3 Å². The smallest absolute Gasteiger partial charge is 0.315 e. The Kier molecular flexibility index (Phi) is 1.50. The maximum Gasteiger partial charge on any atom is 0.343 e. The summed E-state index contributed by atoms with van der Waals surface area (Å²) in [5, 5.41) is 9.53. The van der Waals surface area contributed by atoms with Crippen molar-refractivity contribution < 1.29 is 0 Å². The van der Waals surface area contributed by atoms with Gasteiger partial charge in [-0.2, -0.15) is 5.10 Å². The number of hydrogen-bond acceptors (Lipinski definition) is 3.